The van der Waals surface area contributed by atoms with Crippen LogP contribution in [0.25, 0.3) is 0 Å². The third kappa shape index (κ3) is 9.82. The monoisotopic (exact) mass is 673 g/mol. The van der Waals surface area contributed by atoms with E-state index in [1.54, 1.807) is 0 Å². The van der Waals surface area contributed by atoms with Crippen molar-refractivity contribution < 1.29 is 72.7 Å². The van der Waals surface area contributed by atoms with Crippen LogP contribution in [0.3, 0.4) is 0 Å². The molecule has 0 radical (unpaired) electrons. The van der Waals surface area contributed by atoms with Gasteiger partial charge in [0.25, 0.3) is 5.91 Å². The number of unbranched alkanes of at least 4 members (excludes halogenated alkanes) is 5. The Morgan fingerprint density at radius 1 is 1.14 bits per heavy atom. The molecule has 234 valence electrons. The summed E-state index contributed by atoms with van der Waals surface area (Å²) in [5.74, 6) is -4.99. The van der Waals surface area contributed by atoms with Gasteiger partial charge in [0.2, 0.25) is 11.8 Å². The Morgan fingerprint density at radius 3 is 2.44 bits per heavy atom. The molecule has 0 spiro atoms. The number of carbonyl (C=O) groups is 6. The summed E-state index contributed by atoms with van der Waals surface area (Å²) in [5.41, 5.74) is -0.0883. The van der Waals surface area contributed by atoms with Crippen molar-refractivity contribution in [2.75, 3.05) is 37.4 Å². The number of rotatable bonds is 14. The number of halogens is 1. The zero-order valence-electron chi connectivity index (χ0n) is 24.7. The van der Waals surface area contributed by atoms with Crippen molar-refractivity contribution in [3.8, 4) is 0 Å². The van der Waals surface area contributed by atoms with E-state index in [0.717, 1.165) is 49.9 Å². The number of thiazole rings is 1. The van der Waals surface area contributed by atoms with Crippen molar-refractivity contribution in [1.82, 2.24) is 29.7 Å². The average molecular weight is 674 g/mol. The molecule has 2 fully saturated rings. The zero-order valence-corrected chi connectivity index (χ0v) is 28.1. The summed E-state index contributed by atoms with van der Waals surface area (Å²) in [4.78, 5) is 81.5. The molecule has 2 atom stereocenters. The topological polar surface area (TPSA) is 215 Å². The molecule has 0 saturated carbocycles. The molecule has 0 aromatic carbocycles. The number of nitrogens with one attached hydrogen (secondary N) is 3. The van der Waals surface area contributed by atoms with Gasteiger partial charge in [-0.2, -0.15) is 8.42 Å². The number of urea groups is 1. The summed E-state index contributed by atoms with van der Waals surface area (Å²) in [6.07, 6.45) is 5.99. The van der Waals surface area contributed by atoms with Crippen LogP contribution in [0.15, 0.2) is 5.38 Å². The van der Waals surface area contributed by atoms with Gasteiger partial charge in [-0.25, -0.2) is 14.1 Å². The molecular formula is C23H33ClN7NaO9S2. The third-order valence-electron chi connectivity index (χ3n) is 6.54. The summed E-state index contributed by atoms with van der Waals surface area (Å²) in [6, 6.07) is -4.03. The van der Waals surface area contributed by atoms with Gasteiger partial charge in [0.05, 0.1) is 12.2 Å². The van der Waals surface area contributed by atoms with Gasteiger partial charge in [-0.05, 0) is 6.42 Å². The van der Waals surface area contributed by atoms with E-state index < -0.39 is 64.5 Å². The summed E-state index contributed by atoms with van der Waals surface area (Å²) in [5, 5.41) is 8.34. The normalized spacial score (nSPS) is 17.6. The number of imide groups is 1. The molecule has 2 saturated heterocycles. The zero-order chi connectivity index (χ0) is 31.0. The molecule has 2 aliphatic rings. The molecule has 1 aromatic heterocycles. The second-order valence-corrected chi connectivity index (χ2v) is 12.0. The largest absolute Gasteiger partial charge is 1.00 e. The van der Waals surface area contributed by atoms with Crippen LogP contribution < -0.4 is 45.5 Å². The number of amides is 7. The van der Waals surface area contributed by atoms with E-state index in [2.05, 4.69) is 27.9 Å². The van der Waals surface area contributed by atoms with E-state index in [1.165, 1.54) is 10.3 Å². The van der Waals surface area contributed by atoms with Crippen molar-refractivity contribution in [2.24, 2.45) is 0 Å². The Kier molecular flexibility index (Phi) is 14.3. The van der Waals surface area contributed by atoms with Crippen molar-refractivity contribution in [1.29, 1.82) is 0 Å². The molecule has 7 amide bonds. The van der Waals surface area contributed by atoms with Crippen LogP contribution in [0.2, 0.25) is 0 Å². The number of hydrogen-bond donors (Lipinski definition) is 4. The molecule has 43 heavy (non-hydrogen) atoms. The van der Waals surface area contributed by atoms with Crippen LogP contribution in [-0.4, -0.2) is 106 Å². The van der Waals surface area contributed by atoms with E-state index in [9.17, 15) is 37.2 Å². The van der Waals surface area contributed by atoms with Crippen molar-refractivity contribution in [2.45, 2.75) is 57.5 Å². The number of aromatic nitrogens is 1. The molecule has 16 nitrogen and oxygen atoms in total. The van der Waals surface area contributed by atoms with Gasteiger partial charge in [-0.1, -0.05) is 39.0 Å². The van der Waals surface area contributed by atoms with E-state index >= 15 is 0 Å². The Labute approximate surface area is 280 Å². The van der Waals surface area contributed by atoms with E-state index in [4.69, 9.17) is 16.2 Å². The molecule has 3 rings (SSSR count). The quantitative estimate of drug-likeness (QED) is 0.0402. The van der Waals surface area contributed by atoms with Gasteiger partial charge in [-0.3, -0.25) is 33.4 Å². The van der Waals surface area contributed by atoms with Gasteiger partial charge in [0.15, 0.2) is 11.2 Å². The maximum Gasteiger partial charge on any atom is 1.00 e. The Morgan fingerprint density at radius 2 is 1.81 bits per heavy atom. The molecule has 3 heterocycles. The van der Waals surface area contributed by atoms with Gasteiger partial charge in [0.1, 0.15) is 11.9 Å². The molecule has 2 unspecified atom stereocenters. The van der Waals surface area contributed by atoms with E-state index in [0.29, 0.717) is 11.4 Å². The molecular weight excluding hydrogens is 641 g/mol. The fourth-order valence-electron chi connectivity index (χ4n) is 4.23. The maximum atomic E-state index is 13.1. The Hall–Kier alpha value is -2.35. The molecule has 1 aromatic rings. The third-order valence-corrected chi connectivity index (χ3v) is 8.44. The van der Waals surface area contributed by atoms with E-state index in [-0.39, 0.29) is 65.1 Å². The first-order chi connectivity index (χ1) is 19.9. The van der Waals surface area contributed by atoms with Crippen LogP contribution in [0.5, 0.6) is 0 Å². The van der Waals surface area contributed by atoms with Gasteiger partial charge < -0.3 is 22.3 Å². The molecule has 0 bridgehead atoms. The Bertz CT molecular complexity index is 1340. The van der Waals surface area contributed by atoms with Crippen molar-refractivity contribution in [3.05, 3.63) is 11.1 Å². The fourth-order valence-corrected chi connectivity index (χ4v) is 5.75. The standard InChI is InChI=1S/C23H32ClN7O9S2.Na.H/c1-2-3-4-5-6-7-8-29-9-10-30(21(36)20(29)35)23(37)28-17(15-13-41-22(26-15)27-16(32)11-24)18(33)25-14-12-31(19(14)34)42(38,39)40;;/h13-14,17H,2-12H2,1H3,(H,25,33)(H,28,37)(H,26,27,32)(H,38,39,40);;/q;+1;-1. The summed E-state index contributed by atoms with van der Waals surface area (Å²) >= 11 is 6.38. The average Bonchev–Trinajstić information content (AvgIpc) is 3.40. The maximum absolute atomic E-state index is 13.1. The summed E-state index contributed by atoms with van der Waals surface area (Å²) in [6.45, 7) is 1.92. The number of β-lactam (4-membered cyclic amide) rings is 1. The first-order valence-corrected chi connectivity index (χ1v) is 16.0. The predicted molar refractivity (Wildman–Crippen MR) is 151 cm³/mol. The van der Waals surface area contributed by atoms with Crippen LogP contribution >= 0.6 is 22.9 Å². The first-order valence-electron chi connectivity index (χ1n) is 13.2. The predicted octanol–water partition coefficient (Wildman–Crippen LogP) is -2.65. The number of alkyl halides is 1. The smallest absolute Gasteiger partial charge is 1.00 e. The van der Waals surface area contributed by atoms with Crippen molar-refractivity contribution in [3.63, 3.8) is 0 Å². The Balaban J connectivity index is 0.00000484. The minimum Gasteiger partial charge on any atom is -1.00 e. The number of nitrogens with zero attached hydrogens (tertiary/aromatic N) is 4. The summed E-state index contributed by atoms with van der Waals surface area (Å²) < 4.78 is 31.6. The fraction of sp³-hybridized carbons (Fsp3) is 0.609. The minimum absolute atomic E-state index is 0. The van der Waals surface area contributed by atoms with Crippen LogP contribution in [0, 0.1) is 0 Å². The molecule has 2 aliphatic heterocycles. The molecule has 20 heteroatoms. The number of piperazine rings is 1. The second kappa shape index (κ2) is 16.6. The van der Waals surface area contributed by atoms with Crippen LogP contribution in [0.4, 0.5) is 9.93 Å². The van der Waals surface area contributed by atoms with Crippen molar-refractivity contribution >= 4 is 73.9 Å². The number of anilines is 1. The van der Waals surface area contributed by atoms with E-state index in [1.807, 2.05) is 0 Å². The molecule has 0 aliphatic carbocycles. The minimum atomic E-state index is -4.81. The van der Waals surface area contributed by atoms with Gasteiger partial charge >= 0.3 is 57.7 Å². The number of carbonyl (C=O) groups excluding carboxylic acids is 6. The SMILES string of the molecule is CCCCCCCCN1CCN(C(=O)NC(C(=O)NC2CN(S(=O)(=O)O)C2=O)c2csc(NC(=O)CCl)n2)C(=O)C1=O.[H-].[Na+]. The first kappa shape index (κ1) is 36.8. The van der Waals surface area contributed by atoms with Crippen LogP contribution in [0.1, 0.15) is 58.6 Å². The molecule has 4 N–H and O–H groups in total. The number of hydrogen-bond acceptors (Lipinski definition) is 10. The second-order valence-electron chi connectivity index (χ2n) is 9.57. The van der Waals surface area contributed by atoms with Gasteiger partial charge in [-0.15, -0.1) is 22.9 Å². The summed E-state index contributed by atoms with van der Waals surface area (Å²) in [7, 11) is -4.81. The van der Waals surface area contributed by atoms with Gasteiger partial charge in [0, 0.05) is 25.0 Å². The van der Waals surface area contributed by atoms with Crippen LogP contribution in [-0.2, 0) is 34.3 Å².